The number of ether oxygens (including phenoxy) is 1. The number of thiazole rings is 1. The molecule has 1 aromatic carbocycles. The number of carboxylic acids is 1. The molecule has 2 amide bonds. The molecule has 2 atom stereocenters. The number of β-lactam (4-membered cyclic amide) rings is 1. The summed E-state index contributed by atoms with van der Waals surface area (Å²) in [4.78, 5) is 72.9. The Bertz CT molecular complexity index is 1320. The van der Waals surface area contributed by atoms with Crippen LogP contribution in [0.25, 0.3) is 0 Å². The summed E-state index contributed by atoms with van der Waals surface area (Å²) in [5, 5.41) is 29.9. The second kappa shape index (κ2) is 13.6. The third kappa shape index (κ3) is 7.95. The van der Waals surface area contributed by atoms with E-state index in [0.29, 0.717) is 5.56 Å². The summed E-state index contributed by atoms with van der Waals surface area (Å²) < 4.78 is 5.22. The average Bonchev–Trinajstić information content (AvgIpc) is 3.31. The van der Waals surface area contributed by atoms with Crippen LogP contribution in [0.1, 0.15) is 32.0 Å². The number of esters is 1. The fourth-order valence-corrected chi connectivity index (χ4v) is 3.68. The molecule has 0 saturated carbocycles. The van der Waals surface area contributed by atoms with Crippen LogP contribution in [0.4, 0.5) is 10.8 Å². The van der Waals surface area contributed by atoms with Crippen molar-refractivity contribution in [2.24, 2.45) is 5.16 Å². The molecule has 16 nitrogen and oxygen atoms in total. The summed E-state index contributed by atoms with van der Waals surface area (Å²) in [5.74, 6) is -3.97. The zero-order valence-electron chi connectivity index (χ0n) is 21.8. The minimum absolute atomic E-state index is 0. The molecule has 2 aromatic rings. The summed E-state index contributed by atoms with van der Waals surface area (Å²) in [6, 6.07) is 3.61. The number of benzene rings is 1. The molecule has 208 valence electrons. The van der Waals surface area contributed by atoms with Crippen LogP contribution in [0.15, 0.2) is 34.8 Å². The number of oxime groups is 1. The minimum Gasteiger partial charge on any atom is -0.548 e. The number of nitrogens with zero attached hydrogens (tertiary/aromatic N) is 4. The van der Waals surface area contributed by atoms with Crippen molar-refractivity contribution in [3.05, 3.63) is 51.0 Å². The zero-order chi connectivity index (χ0) is 28.9. The predicted molar refractivity (Wildman–Crippen MR) is 130 cm³/mol. The third-order valence-corrected chi connectivity index (χ3v) is 5.97. The molecule has 40 heavy (non-hydrogen) atoms. The van der Waals surface area contributed by atoms with Crippen LogP contribution in [0.5, 0.6) is 0 Å². The number of hydroxylamine groups is 2. The Morgan fingerprint density at radius 2 is 1.93 bits per heavy atom. The maximum Gasteiger partial charge on any atom is 1.00 e. The van der Waals surface area contributed by atoms with Gasteiger partial charge in [-0.2, -0.15) is 0 Å². The first-order valence-electron chi connectivity index (χ1n) is 11.1. The molecule has 2 heterocycles. The zero-order valence-corrected chi connectivity index (χ0v) is 24.6. The fraction of sp³-hybridized carbons (Fsp3) is 0.364. The smallest absolute Gasteiger partial charge is 0.548 e. The van der Waals surface area contributed by atoms with Crippen LogP contribution in [-0.4, -0.2) is 68.7 Å². The number of nitrogen functional groups attached to an aromatic ring is 1. The molecule has 1 aliphatic rings. The van der Waals surface area contributed by atoms with E-state index in [0.717, 1.165) is 16.4 Å². The number of anilines is 1. The molecule has 0 bridgehead atoms. The van der Waals surface area contributed by atoms with Gasteiger partial charge in [0.15, 0.2) is 10.8 Å². The van der Waals surface area contributed by atoms with Gasteiger partial charge >= 0.3 is 35.5 Å². The second-order valence-electron chi connectivity index (χ2n) is 8.61. The molecule has 1 saturated heterocycles. The SMILES string of the molecule is C[C@H]1[C@H](NC(=O)/C(=N\OC(C)(C)C(=O)OCc2ccc([N+](=O)[O-])cc2)c2csc(N)n2)C(=O)N1OCC(=O)[O-].[Na+]. The van der Waals surface area contributed by atoms with Gasteiger partial charge in [0.1, 0.15) is 24.9 Å². The van der Waals surface area contributed by atoms with Crippen molar-refractivity contribution in [1.29, 1.82) is 0 Å². The number of aliphatic carboxylic acids is 1. The van der Waals surface area contributed by atoms with Gasteiger partial charge in [-0.1, -0.05) is 5.16 Å². The number of carbonyl (C=O) groups is 4. The Balaban J connectivity index is 0.00000560. The van der Waals surface area contributed by atoms with E-state index >= 15 is 0 Å². The van der Waals surface area contributed by atoms with E-state index in [-0.39, 0.29) is 52.7 Å². The maximum absolute atomic E-state index is 13.0. The summed E-state index contributed by atoms with van der Waals surface area (Å²) >= 11 is 1.01. The Morgan fingerprint density at radius 1 is 1.27 bits per heavy atom. The summed E-state index contributed by atoms with van der Waals surface area (Å²) in [6.07, 6.45) is 0. The summed E-state index contributed by atoms with van der Waals surface area (Å²) in [7, 11) is 0. The number of amides is 2. The molecule has 1 aromatic heterocycles. The Morgan fingerprint density at radius 3 is 2.45 bits per heavy atom. The molecule has 0 aliphatic carbocycles. The van der Waals surface area contributed by atoms with E-state index in [4.69, 9.17) is 20.1 Å². The van der Waals surface area contributed by atoms with E-state index in [1.165, 1.54) is 50.4 Å². The van der Waals surface area contributed by atoms with Crippen LogP contribution < -0.4 is 45.7 Å². The van der Waals surface area contributed by atoms with Gasteiger partial charge in [0.05, 0.1) is 16.9 Å². The topological polar surface area (TPSA) is 229 Å². The van der Waals surface area contributed by atoms with Gasteiger partial charge in [0.2, 0.25) is 5.60 Å². The standard InChI is InChI=1S/C22H24N6O10S.Na/c1-11-16(19(32)27(11)37-9-15(29)30)25-18(31)17(14-10-39-21(23)24-14)26-38-22(2,3)20(33)36-8-12-4-6-13(7-5-12)28(34)35;/h4-7,10-11,16H,8-9H2,1-3H3,(H2,23,24)(H,25,31)(H,29,30);/q;+1/p-1/b26-17-;/t11-,16-;/m0./s1. The maximum atomic E-state index is 13.0. The number of nitrogens with two attached hydrogens (primary N) is 1. The van der Waals surface area contributed by atoms with Crippen molar-refractivity contribution in [2.75, 3.05) is 12.3 Å². The van der Waals surface area contributed by atoms with Crippen LogP contribution in [0, 0.1) is 10.1 Å². The number of carbonyl (C=O) groups excluding carboxylic acids is 4. The molecule has 0 spiro atoms. The predicted octanol–water partition coefficient (Wildman–Crippen LogP) is -3.72. The van der Waals surface area contributed by atoms with Gasteiger partial charge in [-0.3, -0.25) is 24.5 Å². The first-order chi connectivity index (χ1) is 18.3. The van der Waals surface area contributed by atoms with Gasteiger partial charge in [-0.15, -0.1) is 11.3 Å². The molecule has 0 radical (unpaired) electrons. The number of hydrogen-bond donors (Lipinski definition) is 2. The van der Waals surface area contributed by atoms with Crippen molar-refractivity contribution >= 4 is 51.6 Å². The minimum atomic E-state index is -1.69. The molecule has 0 unspecified atom stereocenters. The van der Waals surface area contributed by atoms with Crippen molar-refractivity contribution in [3.8, 4) is 0 Å². The first-order valence-corrected chi connectivity index (χ1v) is 12.0. The van der Waals surface area contributed by atoms with Crippen LogP contribution in [-0.2, 0) is 40.2 Å². The van der Waals surface area contributed by atoms with Crippen molar-refractivity contribution < 1.29 is 73.2 Å². The quantitative estimate of drug-likeness (QED) is 0.0611. The number of non-ortho nitro benzene ring substituents is 1. The summed E-state index contributed by atoms with van der Waals surface area (Å²) in [6.45, 7) is 3.14. The van der Waals surface area contributed by atoms with Crippen LogP contribution >= 0.6 is 11.3 Å². The van der Waals surface area contributed by atoms with Gasteiger partial charge in [-0.05, 0) is 38.5 Å². The molecule has 3 N–H and O–H groups in total. The van der Waals surface area contributed by atoms with Crippen molar-refractivity contribution in [3.63, 3.8) is 0 Å². The van der Waals surface area contributed by atoms with E-state index in [1.54, 1.807) is 0 Å². The second-order valence-corrected chi connectivity index (χ2v) is 9.50. The van der Waals surface area contributed by atoms with Gasteiger partial charge in [0, 0.05) is 17.5 Å². The molecule has 1 fully saturated rings. The van der Waals surface area contributed by atoms with E-state index in [1.807, 2.05) is 0 Å². The Hall–Kier alpha value is -3.64. The normalized spacial score (nSPS) is 16.8. The number of nitro benzene ring substituents is 1. The average molecular weight is 587 g/mol. The van der Waals surface area contributed by atoms with Gasteiger partial charge < -0.3 is 30.5 Å². The van der Waals surface area contributed by atoms with Crippen LogP contribution in [0.2, 0.25) is 0 Å². The Kier molecular flexibility index (Phi) is 11.1. The van der Waals surface area contributed by atoms with Crippen LogP contribution in [0.3, 0.4) is 0 Å². The number of nitrogens with one attached hydrogen (secondary N) is 1. The third-order valence-electron chi connectivity index (χ3n) is 5.30. The molecule has 18 heteroatoms. The molecule has 3 rings (SSSR count). The van der Waals surface area contributed by atoms with Crippen molar-refractivity contribution in [1.82, 2.24) is 15.4 Å². The fourth-order valence-electron chi connectivity index (χ4n) is 3.13. The number of aromatic nitrogens is 1. The number of carboxylic acid groups (broad SMARTS) is 1. The van der Waals surface area contributed by atoms with Gasteiger partial charge in [-0.25, -0.2) is 14.8 Å². The Labute approximate surface area is 252 Å². The summed E-state index contributed by atoms with van der Waals surface area (Å²) in [5.41, 5.74) is 3.96. The van der Waals surface area contributed by atoms with E-state index < -0.39 is 58.7 Å². The molecular formula is C22H23N6NaO10S. The largest absolute Gasteiger partial charge is 1.00 e. The van der Waals surface area contributed by atoms with E-state index in [2.05, 4.69) is 15.5 Å². The molecule has 1 aliphatic heterocycles. The number of hydrogen-bond acceptors (Lipinski definition) is 14. The monoisotopic (exact) mass is 586 g/mol. The van der Waals surface area contributed by atoms with Crippen molar-refractivity contribution in [2.45, 2.75) is 45.1 Å². The number of nitro groups is 1. The number of rotatable bonds is 12. The first kappa shape index (κ1) is 32.6. The van der Waals surface area contributed by atoms with E-state index in [9.17, 15) is 34.4 Å². The van der Waals surface area contributed by atoms with Gasteiger partial charge in [0.25, 0.3) is 17.5 Å². The molecular weight excluding hydrogens is 563 g/mol.